The first-order chi connectivity index (χ1) is 6.81. The van der Waals surface area contributed by atoms with E-state index in [9.17, 15) is 0 Å². The molecule has 1 aromatic carbocycles. The van der Waals surface area contributed by atoms with Gasteiger partial charge < -0.3 is 5.73 Å². The number of para-hydroxylation sites is 1. The van der Waals surface area contributed by atoms with E-state index in [0.29, 0.717) is 6.61 Å². The van der Waals surface area contributed by atoms with Crippen molar-refractivity contribution in [3.63, 3.8) is 0 Å². The summed E-state index contributed by atoms with van der Waals surface area (Å²) in [5.74, 6) is 0. The van der Waals surface area contributed by atoms with Crippen LogP contribution in [0.5, 0.6) is 0 Å². The zero-order valence-electron chi connectivity index (χ0n) is 8.73. The van der Waals surface area contributed by atoms with Crippen LogP contribution in [0.2, 0.25) is 0 Å². The average molecular weight is 309 g/mol. The summed E-state index contributed by atoms with van der Waals surface area (Å²) in [5, 5.41) is 1.74. The molecule has 4 radical (unpaired) electrons. The average Bonchev–Trinajstić information content (AvgIpc) is 2.18. The molecule has 0 unspecified atom stereocenters. The number of nitrogens with zero attached hydrogens (tertiary/aromatic N) is 1. The van der Waals surface area contributed by atoms with Gasteiger partial charge in [-0.25, -0.2) is 5.06 Å². The van der Waals surface area contributed by atoms with Crippen LogP contribution >= 0.6 is 0 Å². The Morgan fingerprint density at radius 1 is 1.40 bits per heavy atom. The number of anilines is 1. The minimum absolute atomic E-state index is 0. The first kappa shape index (κ1) is 12.4. The second-order valence-electron chi connectivity index (χ2n) is 3.25. The van der Waals surface area contributed by atoms with Crippen molar-refractivity contribution in [1.29, 1.82) is 0 Å². The van der Waals surface area contributed by atoms with Crippen LogP contribution in [0.4, 0.5) is 5.69 Å². The van der Waals surface area contributed by atoms with Gasteiger partial charge in [0.05, 0.1) is 18.5 Å². The van der Waals surface area contributed by atoms with Crippen LogP contribution in [0.25, 0.3) is 0 Å². The van der Waals surface area contributed by atoms with Crippen molar-refractivity contribution in [2.45, 2.75) is 13.3 Å². The molecule has 0 aliphatic carbocycles. The van der Waals surface area contributed by atoms with Crippen LogP contribution < -0.4 is 10.8 Å². The molecule has 1 aromatic rings. The normalized spacial score (nSPS) is 13.9. The smallest absolute Gasteiger partial charge is 0.0725 e. The number of hydrogen-bond donors (Lipinski definition) is 1. The molecule has 0 saturated carbocycles. The fraction of sp³-hybridized carbons (Fsp3) is 0.273. The Kier molecular flexibility index (Phi) is 4.47. The maximum atomic E-state index is 5.81. The van der Waals surface area contributed by atoms with Crippen LogP contribution in [0.1, 0.15) is 12.5 Å². The SMILES string of the molecule is CCON1C=C(N)Cc2ccccc21.[Sn]. The van der Waals surface area contributed by atoms with E-state index in [2.05, 4.69) is 6.07 Å². The summed E-state index contributed by atoms with van der Waals surface area (Å²) in [4.78, 5) is 5.46. The summed E-state index contributed by atoms with van der Waals surface area (Å²) in [6, 6.07) is 8.12. The largest absolute Gasteiger partial charge is 0.401 e. The number of hydroxylamine groups is 1. The van der Waals surface area contributed by atoms with Crippen LogP contribution in [0.3, 0.4) is 0 Å². The quantitative estimate of drug-likeness (QED) is 0.840. The maximum Gasteiger partial charge on any atom is 0.0725 e. The molecule has 0 spiro atoms. The van der Waals surface area contributed by atoms with Gasteiger partial charge in [-0.1, -0.05) is 18.2 Å². The van der Waals surface area contributed by atoms with Crippen LogP contribution in [-0.4, -0.2) is 30.5 Å². The molecular formula is C11H14N2OSn. The van der Waals surface area contributed by atoms with Gasteiger partial charge in [-0.05, 0) is 18.6 Å². The molecule has 3 nitrogen and oxygen atoms in total. The second-order valence-corrected chi connectivity index (χ2v) is 3.25. The predicted molar refractivity (Wildman–Crippen MR) is 62.3 cm³/mol. The van der Waals surface area contributed by atoms with Crippen molar-refractivity contribution in [3.05, 3.63) is 41.7 Å². The molecule has 0 atom stereocenters. The number of allylic oxidation sites excluding steroid dienone is 1. The Balaban J connectivity index is 0.00000112. The van der Waals surface area contributed by atoms with E-state index in [4.69, 9.17) is 10.6 Å². The zero-order valence-corrected chi connectivity index (χ0v) is 11.6. The number of benzene rings is 1. The Bertz CT molecular complexity index is 365. The van der Waals surface area contributed by atoms with Gasteiger partial charge in [-0.3, -0.25) is 4.84 Å². The monoisotopic (exact) mass is 310 g/mol. The molecule has 78 valence electrons. The second kappa shape index (κ2) is 5.42. The van der Waals surface area contributed by atoms with E-state index in [-0.39, 0.29) is 23.9 Å². The minimum atomic E-state index is 0. The minimum Gasteiger partial charge on any atom is -0.401 e. The first-order valence-corrected chi connectivity index (χ1v) is 4.77. The van der Waals surface area contributed by atoms with Crippen LogP contribution in [0, 0.1) is 0 Å². The molecule has 2 rings (SSSR count). The molecule has 0 aromatic heterocycles. The summed E-state index contributed by atoms with van der Waals surface area (Å²) in [5.41, 5.74) is 8.94. The molecule has 0 saturated heterocycles. The van der Waals surface area contributed by atoms with Gasteiger partial charge in [0.15, 0.2) is 0 Å². The van der Waals surface area contributed by atoms with Gasteiger partial charge in [-0.2, -0.15) is 0 Å². The Morgan fingerprint density at radius 3 is 2.87 bits per heavy atom. The molecule has 4 heteroatoms. The molecule has 15 heavy (non-hydrogen) atoms. The van der Waals surface area contributed by atoms with Gasteiger partial charge >= 0.3 is 0 Å². The van der Waals surface area contributed by atoms with Crippen molar-refractivity contribution < 1.29 is 4.84 Å². The topological polar surface area (TPSA) is 38.5 Å². The van der Waals surface area contributed by atoms with E-state index in [0.717, 1.165) is 17.8 Å². The fourth-order valence-electron chi connectivity index (χ4n) is 1.61. The zero-order chi connectivity index (χ0) is 9.97. The van der Waals surface area contributed by atoms with Crippen molar-refractivity contribution in [1.82, 2.24) is 0 Å². The molecule has 1 aliphatic rings. The number of nitrogens with two attached hydrogens (primary N) is 1. The number of hydrogen-bond acceptors (Lipinski definition) is 3. The Morgan fingerprint density at radius 2 is 2.13 bits per heavy atom. The van der Waals surface area contributed by atoms with Crippen LogP contribution in [-0.2, 0) is 11.3 Å². The molecule has 2 N–H and O–H groups in total. The molecule has 1 aliphatic heterocycles. The molecule has 0 fully saturated rings. The van der Waals surface area contributed by atoms with Crippen molar-refractivity contribution in [3.8, 4) is 0 Å². The standard InChI is InChI=1S/C11H14N2O.Sn/c1-2-14-13-8-10(12)7-9-5-3-4-6-11(9)13;/h3-6,8H,2,7,12H2,1H3;. The van der Waals surface area contributed by atoms with Gasteiger partial charge in [0.25, 0.3) is 0 Å². The molecule has 0 bridgehead atoms. The van der Waals surface area contributed by atoms with Crippen molar-refractivity contribution >= 4 is 29.6 Å². The van der Waals surface area contributed by atoms with Crippen molar-refractivity contribution in [2.75, 3.05) is 11.7 Å². The first-order valence-electron chi connectivity index (χ1n) is 4.77. The van der Waals surface area contributed by atoms with E-state index in [1.54, 1.807) is 5.06 Å². The van der Waals surface area contributed by atoms with Gasteiger partial charge in [-0.15, -0.1) is 0 Å². The van der Waals surface area contributed by atoms with Crippen molar-refractivity contribution in [2.24, 2.45) is 5.73 Å². The third-order valence-corrected chi connectivity index (χ3v) is 2.17. The Labute approximate surface area is 107 Å². The number of fused-ring (bicyclic) bond motifs is 1. The van der Waals surface area contributed by atoms with Crippen LogP contribution in [0.15, 0.2) is 36.2 Å². The van der Waals surface area contributed by atoms with Gasteiger partial charge in [0, 0.05) is 36.0 Å². The third-order valence-electron chi connectivity index (χ3n) is 2.17. The summed E-state index contributed by atoms with van der Waals surface area (Å²) < 4.78 is 0. The Hall–Kier alpha value is -0.681. The van der Waals surface area contributed by atoms with Gasteiger partial charge in [0.1, 0.15) is 0 Å². The maximum absolute atomic E-state index is 5.81. The van der Waals surface area contributed by atoms with E-state index in [1.807, 2.05) is 31.3 Å². The van der Waals surface area contributed by atoms with Gasteiger partial charge in [0.2, 0.25) is 0 Å². The summed E-state index contributed by atoms with van der Waals surface area (Å²) >= 11 is 0. The molecule has 1 heterocycles. The fourth-order valence-corrected chi connectivity index (χ4v) is 1.61. The summed E-state index contributed by atoms with van der Waals surface area (Å²) in [6.45, 7) is 2.60. The summed E-state index contributed by atoms with van der Waals surface area (Å²) in [6.07, 6.45) is 2.64. The van der Waals surface area contributed by atoms with E-state index >= 15 is 0 Å². The number of rotatable bonds is 2. The van der Waals surface area contributed by atoms with E-state index < -0.39 is 0 Å². The van der Waals surface area contributed by atoms with E-state index in [1.165, 1.54) is 5.56 Å². The predicted octanol–water partition coefficient (Wildman–Crippen LogP) is 1.42. The summed E-state index contributed by atoms with van der Waals surface area (Å²) in [7, 11) is 0. The molecular weight excluding hydrogens is 295 g/mol. The molecule has 0 amide bonds. The third kappa shape index (κ3) is 2.66.